The highest BCUT2D eigenvalue weighted by molar-refractivity contribution is 6.28. The molecule has 1 heterocycles. The van der Waals surface area contributed by atoms with Crippen molar-refractivity contribution in [3.63, 3.8) is 0 Å². The van der Waals surface area contributed by atoms with Crippen molar-refractivity contribution in [1.29, 1.82) is 0 Å². The Bertz CT molecular complexity index is 546. The van der Waals surface area contributed by atoms with Gasteiger partial charge in [-0.25, -0.2) is 9.37 Å². The highest BCUT2D eigenvalue weighted by Crippen LogP contribution is 2.13. The van der Waals surface area contributed by atoms with Gasteiger partial charge in [0.25, 0.3) is 0 Å². The molecule has 2 rings (SSSR count). The van der Waals surface area contributed by atoms with Crippen LogP contribution in [0.25, 0.3) is 0 Å². The maximum atomic E-state index is 13.3. The van der Waals surface area contributed by atoms with Crippen LogP contribution in [-0.2, 0) is 6.42 Å². The van der Waals surface area contributed by atoms with Crippen molar-refractivity contribution in [3.05, 3.63) is 52.7 Å². The van der Waals surface area contributed by atoms with E-state index in [2.05, 4.69) is 34.3 Å². The molecule has 0 fully saturated rings. The molecule has 0 atom stereocenters. The summed E-state index contributed by atoms with van der Waals surface area (Å²) in [5, 5.41) is 2.96. The summed E-state index contributed by atoms with van der Waals surface area (Å²) in [5.41, 5.74) is 2.45. The lowest BCUT2D eigenvalue weighted by molar-refractivity contribution is 0.616. The van der Waals surface area contributed by atoms with Crippen LogP contribution < -0.4 is 5.32 Å². The van der Waals surface area contributed by atoms with Crippen LogP contribution in [0.3, 0.4) is 0 Å². The number of aryl methyl sites for hydroxylation is 1. The molecule has 0 aliphatic heterocycles. The van der Waals surface area contributed by atoms with Crippen molar-refractivity contribution in [3.8, 4) is 0 Å². The Balaban J connectivity index is 1.96. The molecule has 0 saturated heterocycles. The van der Waals surface area contributed by atoms with Crippen LogP contribution in [0.15, 0.2) is 30.5 Å². The summed E-state index contributed by atoms with van der Waals surface area (Å²) < 4.78 is 13.3. The van der Waals surface area contributed by atoms with Crippen LogP contribution >= 0.6 is 11.6 Å². The summed E-state index contributed by atoms with van der Waals surface area (Å²) >= 11 is 5.61. The van der Waals surface area contributed by atoms with E-state index in [9.17, 15) is 4.39 Å². The van der Waals surface area contributed by atoms with Gasteiger partial charge in [-0.15, -0.1) is 0 Å². The second-order valence-corrected chi connectivity index (χ2v) is 4.28. The molecule has 0 bridgehead atoms. The molecule has 1 N–H and O–H groups in total. The monoisotopic (exact) mass is 265 g/mol. The van der Waals surface area contributed by atoms with Crippen LogP contribution in [0.5, 0.6) is 0 Å². The number of halogens is 2. The van der Waals surface area contributed by atoms with E-state index in [1.54, 1.807) is 0 Å². The number of hydrogen-bond donors (Lipinski definition) is 1. The van der Waals surface area contributed by atoms with E-state index in [1.807, 2.05) is 12.1 Å². The molecule has 0 unspecified atom stereocenters. The Morgan fingerprint density at radius 3 is 2.89 bits per heavy atom. The summed E-state index contributed by atoms with van der Waals surface area (Å²) in [7, 11) is 0. The molecule has 2 aromatic rings. The lowest BCUT2D eigenvalue weighted by Gasteiger charge is -2.08. The molecule has 18 heavy (non-hydrogen) atoms. The highest BCUT2D eigenvalue weighted by Gasteiger charge is 2.05. The molecule has 1 aromatic heterocycles. The molecule has 94 valence electrons. The van der Waals surface area contributed by atoms with Gasteiger partial charge < -0.3 is 5.32 Å². The Kier molecular flexibility index (Phi) is 4.10. The summed E-state index contributed by atoms with van der Waals surface area (Å²) in [6, 6.07) is 8.10. The maximum Gasteiger partial charge on any atom is 0.224 e. The zero-order chi connectivity index (χ0) is 13.0. The van der Waals surface area contributed by atoms with Crippen LogP contribution in [0, 0.1) is 12.7 Å². The summed E-state index contributed by atoms with van der Waals surface area (Å²) in [4.78, 5) is 7.35. The Morgan fingerprint density at radius 2 is 2.11 bits per heavy atom. The third-order valence-electron chi connectivity index (χ3n) is 2.66. The Hall–Kier alpha value is -1.68. The van der Waals surface area contributed by atoms with Crippen LogP contribution in [0.1, 0.15) is 11.1 Å². The van der Waals surface area contributed by atoms with E-state index < -0.39 is 5.82 Å². The van der Waals surface area contributed by atoms with Gasteiger partial charge in [0.2, 0.25) is 5.28 Å². The van der Waals surface area contributed by atoms with Crippen molar-refractivity contribution in [2.24, 2.45) is 0 Å². The number of hydrogen-bond acceptors (Lipinski definition) is 3. The van der Waals surface area contributed by atoms with Crippen molar-refractivity contribution in [2.45, 2.75) is 13.3 Å². The summed E-state index contributed by atoms with van der Waals surface area (Å²) in [5.74, 6) is -0.354. The first kappa shape index (κ1) is 12.8. The molecule has 3 nitrogen and oxygen atoms in total. The predicted molar refractivity (Wildman–Crippen MR) is 70.4 cm³/mol. The van der Waals surface area contributed by atoms with Crippen LogP contribution in [0.2, 0.25) is 5.28 Å². The van der Waals surface area contributed by atoms with E-state index in [0.717, 1.165) is 12.6 Å². The van der Waals surface area contributed by atoms with Crippen LogP contribution in [0.4, 0.5) is 10.2 Å². The number of nitrogens with zero attached hydrogens (tertiary/aromatic N) is 2. The Morgan fingerprint density at radius 1 is 1.33 bits per heavy atom. The van der Waals surface area contributed by atoms with E-state index in [4.69, 9.17) is 11.6 Å². The molecule has 0 spiro atoms. The molecule has 0 aliphatic rings. The fourth-order valence-electron chi connectivity index (χ4n) is 1.68. The molecular weight excluding hydrogens is 253 g/mol. The first-order chi connectivity index (χ1) is 8.66. The number of aromatic nitrogens is 2. The van der Waals surface area contributed by atoms with Gasteiger partial charge in [-0.3, -0.25) is 0 Å². The number of nitrogens with one attached hydrogen (secondary N) is 1. The lowest BCUT2D eigenvalue weighted by Crippen LogP contribution is -2.09. The van der Waals surface area contributed by atoms with E-state index >= 15 is 0 Å². The standard InChI is InChI=1S/C13H13ClFN3/c1-9-4-2-3-5-10(9)6-7-16-12-11(15)8-17-13(14)18-12/h2-5,8H,6-7H2,1H3,(H,16,17,18). The largest absolute Gasteiger partial charge is 0.367 e. The minimum absolute atomic E-state index is 0.0368. The van der Waals surface area contributed by atoms with Crippen molar-refractivity contribution in [1.82, 2.24) is 9.97 Å². The molecule has 5 heteroatoms. The first-order valence-corrected chi connectivity index (χ1v) is 6.01. The van der Waals surface area contributed by atoms with Gasteiger partial charge in [-0.1, -0.05) is 24.3 Å². The number of anilines is 1. The van der Waals surface area contributed by atoms with Gasteiger partial charge in [0.1, 0.15) is 0 Å². The van der Waals surface area contributed by atoms with Crippen molar-refractivity contribution >= 4 is 17.4 Å². The fraction of sp³-hybridized carbons (Fsp3) is 0.231. The first-order valence-electron chi connectivity index (χ1n) is 5.63. The minimum Gasteiger partial charge on any atom is -0.367 e. The average molecular weight is 266 g/mol. The van der Waals surface area contributed by atoms with E-state index in [-0.39, 0.29) is 11.1 Å². The molecule has 1 aromatic carbocycles. The summed E-state index contributed by atoms with van der Waals surface area (Å²) in [6.45, 7) is 2.65. The van der Waals surface area contributed by atoms with E-state index in [0.29, 0.717) is 6.54 Å². The third kappa shape index (κ3) is 3.17. The minimum atomic E-state index is -0.496. The topological polar surface area (TPSA) is 37.8 Å². The second kappa shape index (κ2) is 5.78. The Labute approximate surface area is 110 Å². The summed E-state index contributed by atoms with van der Waals surface area (Å²) in [6.07, 6.45) is 1.86. The zero-order valence-electron chi connectivity index (χ0n) is 9.95. The predicted octanol–water partition coefficient (Wildman–Crippen LogP) is 3.23. The van der Waals surface area contributed by atoms with Crippen LogP contribution in [-0.4, -0.2) is 16.5 Å². The lowest BCUT2D eigenvalue weighted by atomic mass is 10.1. The fourth-order valence-corrected chi connectivity index (χ4v) is 1.81. The quantitative estimate of drug-likeness (QED) is 0.863. The van der Waals surface area contributed by atoms with Gasteiger partial charge in [-0.05, 0) is 36.1 Å². The van der Waals surface area contributed by atoms with Gasteiger partial charge in [0.15, 0.2) is 11.6 Å². The molecule has 0 amide bonds. The zero-order valence-corrected chi connectivity index (χ0v) is 10.7. The SMILES string of the molecule is Cc1ccccc1CCNc1nc(Cl)ncc1F. The number of rotatable bonds is 4. The maximum absolute atomic E-state index is 13.3. The van der Waals surface area contributed by atoms with Gasteiger partial charge in [0.05, 0.1) is 6.20 Å². The molecule has 0 aliphatic carbocycles. The normalized spacial score (nSPS) is 10.4. The second-order valence-electron chi connectivity index (χ2n) is 3.94. The molecular formula is C13H13ClFN3. The van der Waals surface area contributed by atoms with Crippen molar-refractivity contribution in [2.75, 3.05) is 11.9 Å². The van der Waals surface area contributed by atoms with E-state index in [1.165, 1.54) is 11.1 Å². The number of benzene rings is 1. The third-order valence-corrected chi connectivity index (χ3v) is 2.84. The molecule has 0 saturated carbocycles. The van der Waals surface area contributed by atoms with Gasteiger partial charge in [0, 0.05) is 6.54 Å². The smallest absolute Gasteiger partial charge is 0.224 e. The van der Waals surface area contributed by atoms with Gasteiger partial charge in [-0.2, -0.15) is 4.98 Å². The van der Waals surface area contributed by atoms with Crippen molar-refractivity contribution < 1.29 is 4.39 Å². The molecule has 0 radical (unpaired) electrons. The average Bonchev–Trinajstić information content (AvgIpc) is 2.36. The van der Waals surface area contributed by atoms with Gasteiger partial charge >= 0.3 is 0 Å². The highest BCUT2D eigenvalue weighted by atomic mass is 35.5.